The second kappa shape index (κ2) is 7.65. The Labute approximate surface area is 129 Å². The second-order valence-corrected chi connectivity index (χ2v) is 5.08. The highest BCUT2D eigenvalue weighted by atomic mass is 16.5. The average Bonchev–Trinajstić information content (AvgIpc) is 3.00. The van der Waals surface area contributed by atoms with Crippen molar-refractivity contribution in [2.75, 3.05) is 25.6 Å². The highest BCUT2D eigenvalue weighted by Gasteiger charge is 2.15. The van der Waals surface area contributed by atoms with Crippen LogP contribution in [0, 0.1) is 0 Å². The molecule has 1 aliphatic rings. The van der Waals surface area contributed by atoms with Crippen LogP contribution >= 0.6 is 0 Å². The van der Waals surface area contributed by atoms with Crippen LogP contribution in [0.3, 0.4) is 0 Å². The molecular weight excluding hydrogens is 286 g/mol. The molecule has 4 N–H and O–H groups in total. The van der Waals surface area contributed by atoms with E-state index in [1.54, 1.807) is 12.1 Å². The summed E-state index contributed by atoms with van der Waals surface area (Å²) < 4.78 is 10.6. The Bertz CT molecular complexity index is 542. The Morgan fingerprint density at radius 2 is 2.27 bits per heavy atom. The maximum absolute atomic E-state index is 11.9. The monoisotopic (exact) mass is 307 g/mol. The summed E-state index contributed by atoms with van der Waals surface area (Å²) >= 11 is 0. The van der Waals surface area contributed by atoms with Crippen molar-refractivity contribution in [1.29, 1.82) is 0 Å². The Balaban J connectivity index is 1.89. The molecule has 1 heterocycles. The van der Waals surface area contributed by atoms with E-state index in [1.807, 2.05) is 0 Å². The van der Waals surface area contributed by atoms with E-state index in [0.29, 0.717) is 23.5 Å². The number of carbonyl (C=O) groups is 2. The summed E-state index contributed by atoms with van der Waals surface area (Å²) in [5.74, 6) is -0.108. The van der Waals surface area contributed by atoms with E-state index in [9.17, 15) is 9.59 Å². The van der Waals surface area contributed by atoms with Crippen LogP contribution in [0.5, 0.6) is 5.75 Å². The fourth-order valence-electron chi connectivity index (χ4n) is 2.34. The Kier molecular flexibility index (Phi) is 5.60. The molecule has 0 radical (unpaired) electrons. The van der Waals surface area contributed by atoms with Crippen molar-refractivity contribution in [3.05, 3.63) is 23.8 Å². The molecular formula is C15H21N3O4. The molecule has 0 aromatic heterocycles. The topological polar surface area (TPSA) is 103 Å². The van der Waals surface area contributed by atoms with Crippen molar-refractivity contribution in [2.45, 2.75) is 25.4 Å². The quantitative estimate of drug-likeness (QED) is 0.740. The number of rotatable bonds is 6. The van der Waals surface area contributed by atoms with Crippen molar-refractivity contribution < 1.29 is 19.1 Å². The highest BCUT2D eigenvalue weighted by Crippen LogP contribution is 2.25. The number of nitrogens with two attached hydrogens (primary N) is 1. The lowest BCUT2D eigenvalue weighted by atomic mass is 10.1. The molecule has 1 aliphatic heterocycles. The molecule has 3 amide bonds. The molecule has 1 aromatic carbocycles. The van der Waals surface area contributed by atoms with Crippen molar-refractivity contribution in [3.63, 3.8) is 0 Å². The predicted octanol–water partition coefficient (Wildman–Crippen LogP) is 1.48. The molecule has 2 rings (SSSR count). The summed E-state index contributed by atoms with van der Waals surface area (Å²) in [6.45, 7) is 1.32. The van der Waals surface area contributed by atoms with Gasteiger partial charge in [0.2, 0.25) is 5.91 Å². The number of anilines is 1. The van der Waals surface area contributed by atoms with E-state index in [4.69, 9.17) is 15.2 Å². The summed E-state index contributed by atoms with van der Waals surface area (Å²) in [6, 6.07) is 4.25. The number of urea groups is 1. The lowest BCUT2D eigenvalue weighted by Gasteiger charge is -2.13. The van der Waals surface area contributed by atoms with Crippen molar-refractivity contribution in [3.8, 4) is 5.75 Å². The number of amides is 3. The molecule has 0 aliphatic carbocycles. The first kappa shape index (κ1) is 16.1. The minimum atomic E-state index is -0.565. The van der Waals surface area contributed by atoms with Crippen LogP contribution in [-0.2, 0) is 4.74 Å². The third kappa shape index (κ3) is 4.36. The summed E-state index contributed by atoms with van der Waals surface area (Å²) in [5.41, 5.74) is 5.93. The Hall–Kier alpha value is -2.28. The minimum Gasteiger partial charge on any atom is -0.495 e. The van der Waals surface area contributed by atoms with Crippen LogP contribution in [0.25, 0.3) is 0 Å². The van der Waals surface area contributed by atoms with Crippen molar-refractivity contribution in [1.82, 2.24) is 5.32 Å². The normalized spacial score (nSPS) is 17.0. The number of hydrogen-bond acceptors (Lipinski definition) is 4. The third-order valence-corrected chi connectivity index (χ3v) is 3.51. The van der Waals surface area contributed by atoms with Crippen LogP contribution in [-0.4, -0.2) is 38.3 Å². The molecule has 22 heavy (non-hydrogen) atoms. The second-order valence-electron chi connectivity index (χ2n) is 5.08. The smallest absolute Gasteiger partial charge is 0.319 e. The molecule has 0 spiro atoms. The van der Waals surface area contributed by atoms with Gasteiger partial charge in [-0.1, -0.05) is 0 Å². The van der Waals surface area contributed by atoms with E-state index < -0.39 is 5.91 Å². The lowest BCUT2D eigenvalue weighted by Crippen LogP contribution is -2.31. The Morgan fingerprint density at radius 1 is 1.45 bits per heavy atom. The van der Waals surface area contributed by atoms with Crippen LogP contribution in [0.15, 0.2) is 18.2 Å². The summed E-state index contributed by atoms with van der Waals surface area (Å²) in [6.07, 6.45) is 3.13. The van der Waals surface area contributed by atoms with Gasteiger partial charge in [0.25, 0.3) is 0 Å². The van der Waals surface area contributed by atoms with Crippen LogP contribution < -0.4 is 21.1 Å². The molecule has 0 unspecified atom stereocenters. The number of carbonyl (C=O) groups excluding carboxylic acids is 2. The number of ether oxygens (including phenoxy) is 2. The first-order chi connectivity index (χ1) is 10.6. The van der Waals surface area contributed by atoms with E-state index >= 15 is 0 Å². The molecule has 120 valence electrons. The fraction of sp³-hybridized carbons (Fsp3) is 0.467. The van der Waals surface area contributed by atoms with Gasteiger partial charge in [0.05, 0.1) is 18.9 Å². The molecule has 1 fully saturated rings. The molecule has 0 bridgehead atoms. The zero-order valence-electron chi connectivity index (χ0n) is 12.6. The van der Waals surface area contributed by atoms with Crippen LogP contribution in [0.4, 0.5) is 10.5 Å². The molecule has 1 atom stereocenters. The van der Waals surface area contributed by atoms with Gasteiger partial charge >= 0.3 is 6.03 Å². The van der Waals surface area contributed by atoms with Gasteiger partial charge in [-0.15, -0.1) is 0 Å². The van der Waals surface area contributed by atoms with E-state index in [-0.39, 0.29) is 12.1 Å². The first-order valence-electron chi connectivity index (χ1n) is 7.24. The highest BCUT2D eigenvalue weighted by molar-refractivity contribution is 5.97. The van der Waals surface area contributed by atoms with E-state index in [2.05, 4.69) is 10.6 Å². The molecule has 0 saturated carbocycles. The predicted molar refractivity (Wildman–Crippen MR) is 82.1 cm³/mol. The van der Waals surface area contributed by atoms with Gasteiger partial charge < -0.3 is 25.8 Å². The molecule has 1 aromatic rings. The average molecular weight is 307 g/mol. The zero-order chi connectivity index (χ0) is 15.9. The molecule has 7 heteroatoms. The largest absolute Gasteiger partial charge is 0.495 e. The van der Waals surface area contributed by atoms with Crippen molar-refractivity contribution >= 4 is 17.6 Å². The lowest BCUT2D eigenvalue weighted by molar-refractivity contribution is 0.1000. The standard InChI is InChI=1S/C15H21N3O4/c1-21-13-5-4-10(14(16)19)9-12(13)18-15(20)17-7-6-11-3-2-8-22-11/h4-5,9,11H,2-3,6-8H2,1H3,(H2,16,19)(H2,17,18,20)/t11-/m0/s1. The SMILES string of the molecule is COc1ccc(C(N)=O)cc1NC(=O)NCC[C@@H]1CCCO1. The summed E-state index contributed by atoms with van der Waals surface area (Å²) in [4.78, 5) is 23.1. The first-order valence-corrected chi connectivity index (χ1v) is 7.24. The van der Waals surface area contributed by atoms with E-state index in [1.165, 1.54) is 13.2 Å². The maximum Gasteiger partial charge on any atom is 0.319 e. The van der Waals surface area contributed by atoms with Crippen LogP contribution in [0.2, 0.25) is 0 Å². The summed E-state index contributed by atoms with van der Waals surface area (Å²) in [7, 11) is 1.49. The van der Waals surface area contributed by atoms with Crippen molar-refractivity contribution in [2.24, 2.45) is 5.73 Å². The third-order valence-electron chi connectivity index (χ3n) is 3.51. The molecule has 7 nitrogen and oxygen atoms in total. The van der Waals surface area contributed by atoms with Gasteiger partial charge in [0, 0.05) is 18.7 Å². The Morgan fingerprint density at radius 3 is 2.91 bits per heavy atom. The number of benzene rings is 1. The number of methoxy groups -OCH3 is 1. The van der Waals surface area contributed by atoms with Gasteiger partial charge in [0.15, 0.2) is 0 Å². The summed E-state index contributed by atoms with van der Waals surface area (Å²) in [5, 5.41) is 5.41. The zero-order valence-corrected chi connectivity index (χ0v) is 12.6. The van der Waals surface area contributed by atoms with Gasteiger partial charge in [-0.25, -0.2) is 4.79 Å². The van der Waals surface area contributed by atoms with Gasteiger partial charge in [-0.3, -0.25) is 4.79 Å². The number of primary amides is 1. The number of hydrogen-bond donors (Lipinski definition) is 3. The van der Waals surface area contributed by atoms with Gasteiger partial charge in [-0.2, -0.15) is 0 Å². The molecule has 1 saturated heterocycles. The van der Waals surface area contributed by atoms with Gasteiger partial charge in [-0.05, 0) is 37.5 Å². The fourth-order valence-corrected chi connectivity index (χ4v) is 2.34. The van der Waals surface area contributed by atoms with Gasteiger partial charge in [0.1, 0.15) is 5.75 Å². The van der Waals surface area contributed by atoms with Crippen LogP contribution in [0.1, 0.15) is 29.6 Å². The maximum atomic E-state index is 11.9. The van der Waals surface area contributed by atoms with E-state index in [0.717, 1.165) is 25.9 Å². The number of nitrogens with one attached hydrogen (secondary N) is 2. The minimum absolute atomic E-state index is 0.230.